The fourth-order valence-electron chi connectivity index (χ4n) is 2.69. The highest BCUT2D eigenvalue weighted by Crippen LogP contribution is 2.34. The number of benzene rings is 2. The minimum Gasteiger partial charge on any atom is -0.294 e. The summed E-state index contributed by atoms with van der Waals surface area (Å²) in [6.45, 7) is 2.51. The molecule has 2 aromatic carbocycles. The topological polar surface area (TPSA) is 129 Å². The Hall–Kier alpha value is -4.00. The van der Waals surface area contributed by atoms with E-state index in [4.69, 9.17) is 0 Å². The average Bonchev–Trinajstić information content (AvgIpc) is 2.57. The zero-order chi connectivity index (χ0) is 18.0. The Balaban J connectivity index is 3.35. The van der Waals surface area contributed by atoms with E-state index in [0.717, 1.165) is 0 Å². The summed E-state index contributed by atoms with van der Waals surface area (Å²) in [4.78, 5) is 23.9. The van der Waals surface area contributed by atoms with Crippen molar-refractivity contribution in [1.82, 2.24) is 0 Å². The number of carbonyl (C=O) groups excluding carboxylic acids is 2. The first-order valence-electron chi connectivity index (χ1n) is 6.71. The maximum absolute atomic E-state index is 12.1. The smallest absolute Gasteiger partial charge is 0.161 e. The molecule has 0 saturated carbocycles. The molecule has 0 aliphatic carbocycles. The van der Waals surface area contributed by atoms with Crippen molar-refractivity contribution >= 4 is 22.3 Å². The van der Waals surface area contributed by atoms with Gasteiger partial charge in [-0.15, -0.1) is 0 Å². The van der Waals surface area contributed by atoms with Gasteiger partial charge in [0.1, 0.15) is 24.3 Å². The maximum atomic E-state index is 12.1. The molecule has 0 radical (unpaired) electrons. The summed E-state index contributed by atoms with van der Waals surface area (Å²) in [5.41, 5.74) is -0.684. The second-order valence-corrected chi connectivity index (χ2v) is 4.97. The third kappa shape index (κ3) is 2.17. The van der Waals surface area contributed by atoms with Crippen LogP contribution in [0.3, 0.4) is 0 Å². The lowest BCUT2D eigenvalue weighted by molar-refractivity contribution is 0.0982. The molecule has 0 heterocycles. The van der Waals surface area contributed by atoms with E-state index in [1.54, 1.807) is 12.1 Å². The van der Waals surface area contributed by atoms with Gasteiger partial charge < -0.3 is 0 Å². The molecular weight excluding hydrogens is 304 g/mol. The summed E-state index contributed by atoms with van der Waals surface area (Å²) >= 11 is 0. The highest BCUT2D eigenvalue weighted by molar-refractivity contribution is 6.18. The van der Waals surface area contributed by atoms with Crippen LogP contribution < -0.4 is 0 Å². The third-order valence-corrected chi connectivity index (χ3v) is 3.65. The van der Waals surface area contributed by atoms with Gasteiger partial charge in [-0.25, -0.2) is 0 Å². The molecule has 2 rings (SSSR count). The SMILES string of the molecule is CC(=O)c1ccc2c(C#N)c(C#N)c(C#N)c(C#N)c2c1C(C)=O. The molecule has 0 aromatic heterocycles. The Morgan fingerprint density at radius 3 is 1.67 bits per heavy atom. The lowest BCUT2D eigenvalue weighted by atomic mass is 9.85. The van der Waals surface area contributed by atoms with Crippen molar-refractivity contribution in [2.45, 2.75) is 13.8 Å². The number of rotatable bonds is 2. The molecular formula is C18H8N4O2. The van der Waals surface area contributed by atoms with Crippen LogP contribution in [0.2, 0.25) is 0 Å². The van der Waals surface area contributed by atoms with Crippen LogP contribution in [0.4, 0.5) is 0 Å². The van der Waals surface area contributed by atoms with Crippen molar-refractivity contribution in [3.63, 3.8) is 0 Å². The van der Waals surface area contributed by atoms with E-state index >= 15 is 0 Å². The Morgan fingerprint density at radius 2 is 1.25 bits per heavy atom. The highest BCUT2D eigenvalue weighted by Gasteiger charge is 2.25. The van der Waals surface area contributed by atoms with Crippen molar-refractivity contribution in [1.29, 1.82) is 21.0 Å². The van der Waals surface area contributed by atoms with Crippen molar-refractivity contribution in [3.05, 3.63) is 45.5 Å². The molecule has 24 heavy (non-hydrogen) atoms. The first-order chi connectivity index (χ1) is 11.4. The van der Waals surface area contributed by atoms with E-state index in [1.807, 2.05) is 12.1 Å². The van der Waals surface area contributed by atoms with Crippen molar-refractivity contribution in [2.24, 2.45) is 0 Å². The van der Waals surface area contributed by atoms with Crippen LogP contribution >= 0.6 is 0 Å². The molecule has 6 nitrogen and oxygen atoms in total. The number of fused-ring (bicyclic) bond motifs is 1. The Morgan fingerprint density at radius 1 is 0.750 bits per heavy atom. The minimum absolute atomic E-state index is 0.0194. The summed E-state index contributed by atoms with van der Waals surface area (Å²) in [5.74, 6) is -0.854. The molecule has 0 fully saturated rings. The van der Waals surface area contributed by atoms with E-state index in [0.29, 0.717) is 0 Å². The van der Waals surface area contributed by atoms with Crippen LogP contribution in [0.5, 0.6) is 0 Å². The Labute approximate surface area is 137 Å². The molecule has 0 aliphatic heterocycles. The largest absolute Gasteiger partial charge is 0.294 e. The van der Waals surface area contributed by atoms with Gasteiger partial charge in [0.25, 0.3) is 0 Å². The van der Waals surface area contributed by atoms with E-state index in [9.17, 15) is 30.6 Å². The van der Waals surface area contributed by atoms with E-state index in [1.165, 1.54) is 26.0 Å². The number of hydrogen-bond acceptors (Lipinski definition) is 6. The molecule has 0 saturated heterocycles. The molecule has 0 bridgehead atoms. The normalized spacial score (nSPS) is 9.42. The van der Waals surface area contributed by atoms with Crippen molar-refractivity contribution in [2.75, 3.05) is 0 Å². The first kappa shape index (κ1) is 16.4. The number of nitrogens with zero attached hydrogens (tertiary/aromatic N) is 4. The van der Waals surface area contributed by atoms with Gasteiger partial charge in [-0.1, -0.05) is 12.1 Å². The summed E-state index contributed by atoms with van der Waals surface area (Å²) < 4.78 is 0. The number of Topliss-reactive ketones (excluding diaryl/α,β-unsaturated/α-hetero) is 2. The second kappa shape index (κ2) is 6.01. The van der Waals surface area contributed by atoms with Gasteiger partial charge in [-0.05, 0) is 13.8 Å². The van der Waals surface area contributed by atoms with Gasteiger partial charge in [0.2, 0.25) is 0 Å². The van der Waals surface area contributed by atoms with Gasteiger partial charge in [0.15, 0.2) is 11.6 Å². The van der Waals surface area contributed by atoms with E-state index < -0.39 is 5.78 Å². The Kier molecular flexibility index (Phi) is 4.10. The lowest BCUT2D eigenvalue weighted by Crippen LogP contribution is -2.08. The average molecular weight is 312 g/mol. The van der Waals surface area contributed by atoms with Gasteiger partial charge in [-0.2, -0.15) is 21.0 Å². The zero-order valence-electron chi connectivity index (χ0n) is 12.8. The third-order valence-electron chi connectivity index (χ3n) is 3.65. The van der Waals surface area contributed by atoms with Crippen LogP contribution in [0, 0.1) is 45.3 Å². The molecule has 0 N–H and O–H groups in total. The van der Waals surface area contributed by atoms with Crippen LogP contribution in [0.25, 0.3) is 10.8 Å². The molecule has 0 atom stereocenters. The van der Waals surface area contributed by atoms with E-state index in [2.05, 4.69) is 0 Å². The highest BCUT2D eigenvalue weighted by atomic mass is 16.1. The van der Waals surface area contributed by atoms with Crippen LogP contribution in [0.15, 0.2) is 12.1 Å². The predicted octanol–water partition coefficient (Wildman–Crippen LogP) is 2.73. The van der Waals surface area contributed by atoms with Gasteiger partial charge in [0, 0.05) is 21.9 Å². The fraction of sp³-hybridized carbons (Fsp3) is 0.111. The Bertz CT molecular complexity index is 1100. The number of carbonyl (C=O) groups is 2. The summed E-state index contributed by atoms with van der Waals surface area (Å²) in [7, 11) is 0. The van der Waals surface area contributed by atoms with Gasteiger partial charge in [0.05, 0.1) is 22.3 Å². The number of hydrogen-bond donors (Lipinski definition) is 0. The summed E-state index contributed by atoms with van der Waals surface area (Å²) in [6, 6.07) is 10.0. The zero-order valence-corrected chi connectivity index (χ0v) is 12.8. The van der Waals surface area contributed by atoms with Crippen molar-refractivity contribution in [3.8, 4) is 24.3 Å². The number of nitriles is 4. The maximum Gasteiger partial charge on any atom is 0.161 e. The molecule has 0 aliphatic rings. The summed E-state index contributed by atoms with van der Waals surface area (Å²) in [5, 5.41) is 37.7. The molecule has 0 unspecified atom stereocenters. The monoisotopic (exact) mass is 312 g/mol. The minimum atomic E-state index is -0.472. The number of ketones is 2. The second-order valence-electron chi connectivity index (χ2n) is 4.97. The molecule has 0 spiro atoms. The molecule has 112 valence electrons. The first-order valence-corrected chi connectivity index (χ1v) is 6.71. The predicted molar refractivity (Wildman–Crippen MR) is 82.8 cm³/mol. The molecule has 2 aromatic rings. The quantitative estimate of drug-likeness (QED) is 0.784. The van der Waals surface area contributed by atoms with Crippen LogP contribution in [0.1, 0.15) is 56.8 Å². The standard InChI is InChI=1S/C18H8N4O2/c1-9(23)11-3-4-12-13(5-19)14(6-20)15(7-21)16(8-22)18(12)17(11)10(2)24/h3-4H,1-2H3. The van der Waals surface area contributed by atoms with E-state index in [-0.39, 0.29) is 49.9 Å². The van der Waals surface area contributed by atoms with Gasteiger partial charge in [-0.3, -0.25) is 9.59 Å². The van der Waals surface area contributed by atoms with Crippen molar-refractivity contribution < 1.29 is 9.59 Å². The fourth-order valence-corrected chi connectivity index (χ4v) is 2.69. The van der Waals surface area contributed by atoms with Crippen LogP contribution in [-0.4, -0.2) is 11.6 Å². The van der Waals surface area contributed by atoms with Crippen LogP contribution in [-0.2, 0) is 0 Å². The van der Waals surface area contributed by atoms with Gasteiger partial charge >= 0.3 is 0 Å². The molecule has 6 heteroatoms. The summed E-state index contributed by atoms with van der Waals surface area (Å²) in [6.07, 6.45) is 0. The molecule has 0 amide bonds. The lowest BCUT2D eigenvalue weighted by Gasteiger charge is -2.13.